The van der Waals surface area contributed by atoms with Crippen molar-refractivity contribution in [2.45, 2.75) is 12.6 Å². The van der Waals surface area contributed by atoms with E-state index in [1.54, 1.807) is 0 Å². The fraction of sp³-hybridized carbons (Fsp3) is 0.429. The fourth-order valence-electron chi connectivity index (χ4n) is 1.00. The molecule has 1 heterocycles. The topological polar surface area (TPSA) is 81.1 Å². The van der Waals surface area contributed by atoms with E-state index in [0.717, 1.165) is 0 Å². The van der Waals surface area contributed by atoms with E-state index in [1.807, 2.05) is 0 Å². The van der Waals surface area contributed by atoms with Gasteiger partial charge in [0.25, 0.3) is 0 Å². The standard InChI is InChI=1S/C7H10FN3O2/c8-2-4-11-5(1-3-10-11)6(9)7(12)13/h1,3,6H,2,4,9H2,(H,12,13). The first-order chi connectivity index (χ1) is 6.16. The Morgan fingerprint density at radius 1 is 1.85 bits per heavy atom. The highest BCUT2D eigenvalue weighted by molar-refractivity contribution is 5.74. The number of aryl methyl sites for hydroxylation is 1. The molecule has 5 nitrogen and oxygen atoms in total. The largest absolute Gasteiger partial charge is 0.480 e. The van der Waals surface area contributed by atoms with Crippen LogP contribution >= 0.6 is 0 Å². The molecule has 0 aliphatic heterocycles. The first-order valence-corrected chi connectivity index (χ1v) is 3.73. The van der Waals surface area contributed by atoms with Gasteiger partial charge in [-0.2, -0.15) is 5.10 Å². The molecule has 6 heteroatoms. The molecule has 0 saturated heterocycles. The summed E-state index contributed by atoms with van der Waals surface area (Å²) in [7, 11) is 0. The van der Waals surface area contributed by atoms with Gasteiger partial charge in [-0.3, -0.25) is 9.48 Å². The van der Waals surface area contributed by atoms with E-state index >= 15 is 0 Å². The quantitative estimate of drug-likeness (QED) is 0.691. The molecule has 13 heavy (non-hydrogen) atoms. The van der Waals surface area contributed by atoms with Crippen LogP contribution in [0, 0.1) is 0 Å². The predicted molar refractivity (Wildman–Crippen MR) is 42.8 cm³/mol. The molecule has 0 aliphatic rings. The van der Waals surface area contributed by atoms with Crippen molar-refractivity contribution >= 4 is 5.97 Å². The number of aromatic nitrogens is 2. The third-order valence-corrected chi connectivity index (χ3v) is 1.63. The van der Waals surface area contributed by atoms with Gasteiger partial charge in [-0.25, -0.2) is 4.39 Å². The first-order valence-electron chi connectivity index (χ1n) is 3.73. The highest BCUT2D eigenvalue weighted by atomic mass is 19.1. The van der Waals surface area contributed by atoms with Crippen molar-refractivity contribution in [3.8, 4) is 0 Å². The van der Waals surface area contributed by atoms with Gasteiger partial charge in [-0.05, 0) is 6.07 Å². The molecule has 1 aromatic rings. The lowest BCUT2D eigenvalue weighted by molar-refractivity contribution is -0.138. The average Bonchev–Trinajstić information content (AvgIpc) is 2.52. The van der Waals surface area contributed by atoms with Gasteiger partial charge in [0, 0.05) is 6.20 Å². The number of carboxylic acid groups (broad SMARTS) is 1. The molecule has 0 bridgehead atoms. The first kappa shape index (κ1) is 9.66. The Hall–Kier alpha value is -1.43. The van der Waals surface area contributed by atoms with Crippen LogP contribution in [0.1, 0.15) is 11.7 Å². The summed E-state index contributed by atoms with van der Waals surface area (Å²) < 4.78 is 13.2. The SMILES string of the molecule is NC(C(=O)O)c1ccnn1CCF. The van der Waals surface area contributed by atoms with Crippen molar-refractivity contribution in [3.63, 3.8) is 0 Å². The molecule has 0 amide bonds. The summed E-state index contributed by atoms with van der Waals surface area (Å²) in [6.07, 6.45) is 1.40. The van der Waals surface area contributed by atoms with E-state index in [-0.39, 0.29) is 6.54 Å². The number of rotatable bonds is 4. The van der Waals surface area contributed by atoms with E-state index in [4.69, 9.17) is 10.8 Å². The second-order valence-electron chi connectivity index (χ2n) is 2.48. The number of hydrogen-bond donors (Lipinski definition) is 2. The van der Waals surface area contributed by atoms with Gasteiger partial charge >= 0.3 is 5.97 Å². The summed E-state index contributed by atoms with van der Waals surface area (Å²) in [5.74, 6) is -1.15. The maximum absolute atomic E-state index is 12.0. The number of nitrogens with zero attached hydrogens (tertiary/aromatic N) is 2. The van der Waals surface area contributed by atoms with Gasteiger partial charge in [0.2, 0.25) is 0 Å². The number of aliphatic carboxylic acids is 1. The van der Waals surface area contributed by atoms with Gasteiger partial charge in [0.05, 0.1) is 12.2 Å². The lowest BCUT2D eigenvalue weighted by Crippen LogP contribution is -2.24. The Morgan fingerprint density at radius 3 is 3.08 bits per heavy atom. The molecule has 3 N–H and O–H groups in total. The highest BCUT2D eigenvalue weighted by Gasteiger charge is 2.18. The smallest absolute Gasteiger partial charge is 0.326 e. The molecule has 0 saturated carbocycles. The van der Waals surface area contributed by atoms with Crippen LogP contribution in [-0.4, -0.2) is 27.5 Å². The molecule has 1 unspecified atom stereocenters. The van der Waals surface area contributed by atoms with Gasteiger partial charge < -0.3 is 10.8 Å². The van der Waals surface area contributed by atoms with Crippen molar-refractivity contribution in [1.82, 2.24) is 9.78 Å². The van der Waals surface area contributed by atoms with Crippen LogP contribution in [0.15, 0.2) is 12.3 Å². The monoisotopic (exact) mass is 187 g/mol. The molecule has 0 aliphatic carbocycles. The van der Waals surface area contributed by atoms with Gasteiger partial charge in [-0.15, -0.1) is 0 Å². The van der Waals surface area contributed by atoms with Crippen molar-refractivity contribution in [2.24, 2.45) is 5.73 Å². The summed E-state index contributed by atoms with van der Waals surface area (Å²) in [6.45, 7) is -0.565. The van der Waals surface area contributed by atoms with Gasteiger partial charge in [0.15, 0.2) is 0 Å². The number of halogens is 1. The Kier molecular flexibility index (Phi) is 2.97. The predicted octanol–water partition coefficient (Wildman–Crippen LogP) is -0.0630. The molecule has 0 fully saturated rings. The van der Waals surface area contributed by atoms with Crippen LogP contribution < -0.4 is 5.73 Å². The minimum Gasteiger partial charge on any atom is -0.480 e. The van der Waals surface area contributed by atoms with Crippen molar-refractivity contribution in [2.75, 3.05) is 6.67 Å². The fourth-order valence-corrected chi connectivity index (χ4v) is 1.00. The minimum atomic E-state index is -1.15. The van der Waals surface area contributed by atoms with Crippen LogP contribution in [0.2, 0.25) is 0 Å². The van der Waals surface area contributed by atoms with Crippen LogP contribution in [0.25, 0.3) is 0 Å². The molecular weight excluding hydrogens is 177 g/mol. The van der Waals surface area contributed by atoms with Gasteiger partial charge in [-0.1, -0.05) is 0 Å². The Labute approximate surface area is 74.0 Å². The van der Waals surface area contributed by atoms with E-state index in [1.165, 1.54) is 16.9 Å². The van der Waals surface area contributed by atoms with Crippen molar-refractivity contribution in [1.29, 1.82) is 0 Å². The third-order valence-electron chi connectivity index (χ3n) is 1.63. The maximum atomic E-state index is 12.0. The normalized spacial score (nSPS) is 12.8. The number of nitrogens with two attached hydrogens (primary N) is 1. The van der Waals surface area contributed by atoms with Crippen LogP contribution in [0.3, 0.4) is 0 Å². The zero-order chi connectivity index (χ0) is 9.84. The molecule has 1 atom stereocenters. The summed E-state index contributed by atoms with van der Waals surface area (Å²) in [6, 6.07) is 0.322. The second kappa shape index (κ2) is 3.99. The Morgan fingerprint density at radius 2 is 2.54 bits per heavy atom. The Bertz CT molecular complexity index is 300. The molecule has 0 aromatic carbocycles. The van der Waals surface area contributed by atoms with E-state index < -0.39 is 18.7 Å². The van der Waals surface area contributed by atoms with Crippen LogP contribution in [-0.2, 0) is 11.3 Å². The zero-order valence-corrected chi connectivity index (χ0v) is 6.85. The van der Waals surface area contributed by atoms with Crippen molar-refractivity contribution < 1.29 is 14.3 Å². The highest BCUT2D eigenvalue weighted by Crippen LogP contribution is 2.09. The van der Waals surface area contributed by atoms with E-state index in [0.29, 0.717) is 5.69 Å². The number of hydrogen-bond acceptors (Lipinski definition) is 3. The molecule has 0 spiro atoms. The molecule has 1 aromatic heterocycles. The number of carboxylic acids is 1. The van der Waals surface area contributed by atoms with E-state index in [9.17, 15) is 9.18 Å². The summed E-state index contributed by atoms with van der Waals surface area (Å²) in [4.78, 5) is 10.5. The second-order valence-corrected chi connectivity index (χ2v) is 2.48. The van der Waals surface area contributed by atoms with Crippen LogP contribution in [0.5, 0.6) is 0 Å². The molecular formula is C7H10FN3O2. The Balaban J connectivity index is 2.86. The van der Waals surface area contributed by atoms with Crippen LogP contribution in [0.4, 0.5) is 4.39 Å². The summed E-state index contributed by atoms with van der Waals surface area (Å²) in [5.41, 5.74) is 5.64. The lowest BCUT2D eigenvalue weighted by Gasteiger charge is -2.08. The molecule has 1 rings (SSSR count). The lowest BCUT2D eigenvalue weighted by atomic mass is 10.2. The number of carbonyl (C=O) groups is 1. The van der Waals surface area contributed by atoms with Gasteiger partial charge in [0.1, 0.15) is 12.7 Å². The number of alkyl halides is 1. The average molecular weight is 187 g/mol. The zero-order valence-electron chi connectivity index (χ0n) is 6.85. The molecule has 72 valence electrons. The maximum Gasteiger partial charge on any atom is 0.326 e. The summed E-state index contributed by atoms with van der Waals surface area (Å²) in [5, 5.41) is 12.3. The third kappa shape index (κ3) is 2.03. The molecule has 0 radical (unpaired) electrons. The minimum absolute atomic E-state index is 0.0311. The summed E-state index contributed by atoms with van der Waals surface area (Å²) >= 11 is 0. The van der Waals surface area contributed by atoms with E-state index in [2.05, 4.69) is 5.10 Å². The van der Waals surface area contributed by atoms with Crippen molar-refractivity contribution in [3.05, 3.63) is 18.0 Å².